The van der Waals surface area contributed by atoms with Gasteiger partial charge in [-0.1, -0.05) is 35.7 Å². The van der Waals surface area contributed by atoms with E-state index in [0.29, 0.717) is 11.9 Å². The highest BCUT2D eigenvalue weighted by Gasteiger charge is 2.22. The Balaban J connectivity index is 2.06. The summed E-state index contributed by atoms with van der Waals surface area (Å²) in [7, 11) is 0. The first-order valence-electron chi connectivity index (χ1n) is 7.41. The summed E-state index contributed by atoms with van der Waals surface area (Å²) < 4.78 is 3.50. The van der Waals surface area contributed by atoms with E-state index >= 15 is 0 Å². The van der Waals surface area contributed by atoms with Crippen LogP contribution in [0.1, 0.15) is 50.9 Å². The standard InChI is InChI=1S/C16H20BrClN2/c1-11-3-2-4-13(7-5-11)20-15-9-12(17)6-8-14(15)19-16(20)10-18/h6,8-9,11,13H,2-5,7,10H2,1H3. The molecule has 4 heteroatoms. The van der Waals surface area contributed by atoms with Crippen LogP contribution in [0.25, 0.3) is 11.0 Å². The van der Waals surface area contributed by atoms with Crippen LogP contribution in [0, 0.1) is 5.92 Å². The average molecular weight is 356 g/mol. The van der Waals surface area contributed by atoms with Gasteiger partial charge in [0.25, 0.3) is 0 Å². The van der Waals surface area contributed by atoms with Crippen LogP contribution in [0.3, 0.4) is 0 Å². The van der Waals surface area contributed by atoms with E-state index in [4.69, 9.17) is 16.6 Å². The van der Waals surface area contributed by atoms with Gasteiger partial charge in [-0.05, 0) is 43.4 Å². The van der Waals surface area contributed by atoms with Crippen LogP contribution in [0.5, 0.6) is 0 Å². The Labute approximate surface area is 133 Å². The van der Waals surface area contributed by atoms with Crippen LogP contribution in [0.2, 0.25) is 0 Å². The molecule has 2 unspecified atom stereocenters. The molecule has 2 atom stereocenters. The normalized spacial score (nSPS) is 23.9. The van der Waals surface area contributed by atoms with Gasteiger partial charge in [-0.25, -0.2) is 4.98 Å². The first kappa shape index (κ1) is 14.4. The van der Waals surface area contributed by atoms with Crippen LogP contribution in [-0.2, 0) is 5.88 Å². The minimum absolute atomic E-state index is 0.484. The fraction of sp³-hybridized carbons (Fsp3) is 0.562. The maximum absolute atomic E-state index is 6.14. The number of alkyl halides is 1. The van der Waals surface area contributed by atoms with Crippen LogP contribution in [0.4, 0.5) is 0 Å². The zero-order valence-corrected chi connectivity index (χ0v) is 14.1. The number of halogens is 2. The van der Waals surface area contributed by atoms with Crippen molar-refractivity contribution in [3.05, 3.63) is 28.5 Å². The fourth-order valence-corrected chi connectivity index (χ4v) is 3.88. The van der Waals surface area contributed by atoms with Gasteiger partial charge in [-0.3, -0.25) is 0 Å². The Morgan fingerprint density at radius 1 is 1.30 bits per heavy atom. The van der Waals surface area contributed by atoms with Crippen molar-refractivity contribution in [2.45, 2.75) is 50.9 Å². The third kappa shape index (κ3) is 2.75. The molecule has 1 saturated carbocycles. The van der Waals surface area contributed by atoms with Crippen molar-refractivity contribution in [2.75, 3.05) is 0 Å². The van der Waals surface area contributed by atoms with E-state index in [2.05, 4.69) is 39.6 Å². The van der Waals surface area contributed by atoms with Gasteiger partial charge >= 0.3 is 0 Å². The van der Waals surface area contributed by atoms with E-state index in [1.807, 2.05) is 6.07 Å². The van der Waals surface area contributed by atoms with E-state index in [1.165, 1.54) is 37.6 Å². The van der Waals surface area contributed by atoms with Crippen LogP contribution in [-0.4, -0.2) is 9.55 Å². The summed E-state index contributed by atoms with van der Waals surface area (Å²) >= 11 is 9.71. The summed E-state index contributed by atoms with van der Waals surface area (Å²) in [5, 5.41) is 0. The molecule has 3 rings (SSSR count). The molecule has 1 fully saturated rings. The second-order valence-corrected chi connectivity index (χ2v) is 7.11. The number of imidazole rings is 1. The minimum atomic E-state index is 0.484. The summed E-state index contributed by atoms with van der Waals surface area (Å²) in [6.07, 6.45) is 6.44. The quantitative estimate of drug-likeness (QED) is 0.500. The van der Waals surface area contributed by atoms with E-state index in [9.17, 15) is 0 Å². The number of benzene rings is 1. The van der Waals surface area contributed by atoms with Crippen molar-refractivity contribution in [3.8, 4) is 0 Å². The number of fused-ring (bicyclic) bond motifs is 1. The summed E-state index contributed by atoms with van der Waals surface area (Å²) in [6.45, 7) is 2.37. The Morgan fingerprint density at radius 3 is 2.95 bits per heavy atom. The molecular formula is C16H20BrClN2. The van der Waals surface area contributed by atoms with Gasteiger partial charge in [0.1, 0.15) is 5.82 Å². The molecule has 0 saturated heterocycles. The SMILES string of the molecule is CC1CCCC(n2c(CCl)nc3ccc(Br)cc32)CC1. The minimum Gasteiger partial charge on any atom is -0.324 e. The first-order chi connectivity index (χ1) is 9.69. The molecule has 2 nitrogen and oxygen atoms in total. The number of nitrogens with zero attached hydrogens (tertiary/aromatic N) is 2. The van der Waals surface area contributed by atoms with Gasteiger partial charge in [-0.2, -0.15) is 0 Å². The van der Waals surface area contributed by atoms with Crippen molar-refractivity contribution in [1.29, 1.82) is 0 Å². The van der Waals surface area contributed by atoms with E-state index in [0.717, 1.165) is 21.7 Å². The maximum Gasteiger partial charge on any atom is 0.125 e. The Bertz CT molecular complexity index is 608. The number of hydrogen-bond acceptors (Lipinski definition) is 1. The molecule has 0 amide bonds. The molecule has 1 heterocycles. The van der Waals surface area contributed by atoms with Crippen molar-refractivity contribution in [3.63, 3.8) is 0 Å². The molecule has 0 radical (unpaired) electrons. The van der Waals surface area contributed by atoms with Gasteiger partial charge in [0, 0.05) is 10.5 Å². The predicted octanol–water partition coefficient (Wildman–Crippen LogP) is 5.68. The Hall–Kier alpha value is -0.540. The maximum atomic E-state index is 6.14. The van der Waals surface area contributed by atoms with Crippen molar-refractivity contribution < 1.29 is 0 Å². The Morgan fingerprint density at radius 2 is 2.15 bits per heavy atom. The highest BCUT2D eigenvalue weighted by atomic mass is 79.9. The molecular weight excluding hydrogens is 336 g/mol. The van der Waals surface area contributed by atoms with Gasteiger partial charge in [-0.15, -0.1) is 11.6 Å². The van der Waals surface area contributed by atoms with Crippen molar-refractivity contribution >= 4 is 38.6 Å². The summed E-state index contributed by atoms with van der Waals surface area (Å²) in [5.41, 5.74) is 2.27. The predicted molar refractivity (Wildman–Crippen MR) is 88.3 cm³/mol. The van der Waals surface area contributed by atoms with E-state index < -0.39 is 0 Å². The number of rotatable bonds is 2. The van der Waals surface area contributed by atoms with E-state index in [1.54, 1.807) is 0 Å². The monoisotopic (exact) mass is 354 g/mol. The third-order valence-corrected chi connectivity index (χ3v) is 5.17. The lowest BCUT2D eigenvalue weighted by Crippen LogP contribution is -2.11. The first-order valence-corrected chi connectivity index (χ1v) is 8.74. The van der Waals surface area contributed by atoms with Crippen molar-refractivity contribution in [2.24, 2.45) is 5.92 Å². The molecule has 0 N–H and O–H groups in total. The van der Waals surface area contributed by atoms with Gasteiger partial charge in [0.15, 0.2) is 0 Å². The highest BCUT2D eigenvalue weighted by Crippen LogP contribution is 2.34. The third-order valence-electron chi connectivity index (χ3n) is 4.44. The van der Waals surface area contributed by atoms with E-state index in [-0.39, 0.29) is 0 Å². The van der Waals surface area contributed by atoms with Crippen molar-refractivity contribution in [1.82, 2.24) is 9.55 Å². The lowest BCUT2D eigenvalue weighted by molar-refractivity contribution is 0.433. The van der Waals surface area contributed by atoms with Gasteiger partial charge in [0.05, 0.1) is 16.9 Å². The van der Waals surface area contributed by atoms with Gasteiger partial charge < -0.3 is 4.57 Å². The summed E-state index contributed by atoms with van der Waals surface area (Å²) in [4.78, 5) is 4.71. The largest absolute Gasteiger partial charge is 0.324 e. The summed E-state index contributed by atoms with van der Waals surface area (Å²) in [6, 6.07) is 6.85. The zero-order valence-electron chi connectivity index (χ0n) is 11.8. The highest BCUT2D eigenvalue weighted by molar-refractivity contribution is 9.10. The van der Waals surface area contributed by atoms with Gasteiger partial charge in [0.2, 0.25) is 0 Å². The number of hydrogen-bond donors (Lipinski definition) is 0. The topological polar surface area (TPSA) is 17.8 Å². The lowest BCUT2D eigenvalue weighted by Gasteiger charge is -2.19. The molecule has 2 aromatic rings. The molecule has 0 spiro atoms. The zero-order chi connectivity index (χ0) is 14.1. The smallest absolute Gasteiger partial charge is 0.125 e. The average Bonchev–Trinajstić information content (AvgIpc) is 2.66. The van der Waals surface area contributed by atoms with Crippen LogP contribution >= 0.6 is 27.5 Å². The molecule has 108 valence electrons. The lowest BCUT2D eigenvalue weighted by atomic mass is 10.0. The van der Waals surface area contributed by atoms with Crippen LogP contribution < -0.4 is 0 Å². The molecule has 0 aliphatic heterocycles. The molecule has 0 bridgehead atoms. The molecule has 1 aromatic carbocycles. The fourth-order valence-electron chi connectivity index (χ4n) is 3.34. The molecule has 1 aliphatic carbocycles. The summed E-state index contributed by atoms with van der Waals surface area (Å²) in [5.74, 6) is 2.35. The van der Waals surface area contributed by atoms with Crippen LogP contribution in [0.15, 0.2) is 22.7 Å². The second kappa shape index (κ2) is 6.07. The molecule has 1 aromatic heterocycles. The molecule has 1 aliphatic rings. The number of aromatic nitrogens is 2. The second-order valence-electron chi connectivity index (χ2n) is 5.93. The Kier molecular flexibility index (Phi) is 4.37. The molecule has 20 heavy (non-hydrogen) atoms.